The summed E-state index contributed by atoms with van der Waals surface area (Å²) in [5, 5.41) is 94.6. The van der Waals surface area contributed by atoms with Crippen molar-refractivity contribution in [1.29, 1.82) is 0 Å². The van der Waals surface area contributed by atoms with Gasteiger partial charge in [0.15, 0.2) is 23.5 Å². The second-order valence-corrected chi connectivity index (χ2v) is 12.8. The number of aromatic hydroxyl groups is 4. The van der Waals surface area contributed by atoms with E-state index in [4.69, 9.17) is 37.6 Å². The highest BCUT2D eigenvalue weighted by molar-refractivity contribution is 5.88. The first-order chi connectivity index (χ1) is 25.7. The molecule has 2 saturated heterocycles. The van der Waals surface area contributed by atoms with Crippen molar-refractivity contribution in [1.82, 2.24) is 0 Å². The Morgan fingerprint density at radius 2 is 1.39 bits per heavy atom. The summed E-state index contributed by atoms with van der Waals surface area (Å²) >= 11 is 0. The third kappa shape index (κ3) is 7.56. The number of benzene rings is 3. The quantitative estimate of drug-likeness (QED) is 0.101. The van der Waals surface area contributed by atoms with Gasteiger partial charge in [-0.1, -0.05) is 0 Å². The molecule has 0 saturated carbocycles. The number of ether oxygens (including phenoxy) is 7. The standard InChI is InChI=1S/C36H40O18/c1-14-25(40)33(49-12-15-8-21(47-2)26(41)22(9-15)48-3)31(46)35(51-14)50-13-23-27(42)29(44)30(45)36(53-23)54-34-28(43)24-19(39)10-18(38)11-20(24)52-32(34)16-4-6-17(37)7-5-16/h4-11,14,23,25,27,29-31,33,35-42,44-46H,12-13H2,1-3H3/t14-,23+,25-,27+,29-,30+,31+,33+,35+,36-/m0/s1. The molecule has 18 heteroatoms. The molecule has 1 aromatic heterocycles. The minimum atomic E-state index is -1.95. The van der Waals surface area contributed by atoms with E-state index in [1.54, 1.807) is 0 Å². The van der Waals surface area contributed by atoms with Crippen LogP contribution in [-0.4, -0.2) is 128 Å². The molecular weight excluding hydrogens is 720 g/mol. The van der Waals surface area contributed by atoms with Gasteiger partial charge in [0.05, 0.1) is 33.5 Å². The van der Waals surface area contributed by atoms with E-state index in [0.29, 0.717) is 5.56 Å². The fraction of sp³-hybridized carbons (Fsp3) is 0.417. The first kappa shape index (κ1) is 38.8. The molecule has 0 bridgehead atoms. The number of hydrogen-bond acceptors (Lipinski definition) is 18. The van der Waals surface area contributed by atoms with Crippen LogP contribution < -0.4 is 19.6 Å². The highest BCUT2D eigenvalue weighted by Gasteiger charge is 2.48. The van der Waals surface area contributed by atoms with Crippen LogP contribution in [0.5, 0.6) is 40.2 Å². The van der Waals surface area contributed by atoms with Crippen LogP contribution in [0.3, 0.4) is 0 Å². The smallest absolute Gasteiger partial charge is 0.239 e. The number of hydrogen-bond donors (Lipinski definition) is 9. The first-order valence-electron chi connectivity index (χ1n) is 16.6. The van der Waals surface area contributed by atoms with Crippen LogP contribution in [0, 0.1) is 0 Å². The zero-order valence-electron chi connectivity index (χ0n) is 29.0. The van der Waals surface area contributed by atoms with Gasteiger partial charge in [-0.2, -0.15) is 0 Å². The largest absolute Gasteiger partial charge is 0.508 e. The summed E-state index contributed by atoms with van der Waals surface area (Å²) in [5.41, 5.74) is -0.523. The Kier molecular flexibility index (Phi) is 11.4. The van der Waals surface area contributed by atoms with E-state index < -0.39 is 96.1 Å². The lowest BCUT2D eigenvalue weighted by atomic mass is 9.98. The van der Waals surface area contributed by atoms with E-state index in [1.165, 1.54) is 57.5 Å². The summed E-state index contributed by atoms with van der Waals surface area (Å²) in [7, 11) is 2.70. The molecular formula is C36H40O18. The van der Waals surface area contributed by atoms with Crippen molar-refractivity contribution in [3.05, 3.63) is 64.3 Å². The fourth-order valence-electron chi connectivity index (χ4n) is 6.19. The van der Waals surface area contributed by atoms with Crippen LogP contribution >= 0.6 is 0 Å². The molecule has 3 heterocycles. The molecule has 18 nitrogen and oxygen atoms in total. The van der Waals surface area contributed by atoms with Crippen molar-refractivity contribution in [3.63, 3.8) is 0 Å². The molecule has 4 aromatic rings. The lowest BCUT2D eigenvalue weighted by molar-refractivity contribution is -0.323. The van der Waals surface area contributed by atoms with Gasteiger partial charge in [-0.25, -0.2) is 0 Å². The van der Waals surface area contributed by atoms with E-state index in [1.807, 2.05) is 0 Å². The van der Waals surface area contributed by atoms with Crippen molar-refractivity contribution in [2.75, 3.05) is 20.8 Å². The van der Waals surface area contributed by atoms with Crippen LogP contribution in [0.25, 0.3) is 22.3 Å². The Morgan fingerprint density at radius 3 is 2.04 bits per heavy atom. The van der Waals surface area contributed by atoms with Crippen LogP contribution in [0.4, 0.5) is 0 Å². The molecule has 54 heavy (non-hydrogen) atoms. The Labute approximate surface area is 306 Å². The monoisotopic (exact) mass is 760 g/mol. The average molecular weight is 761 g/mol. The van der Waals surface area contributed by atoms with Gasteiger partial charge >= 0.3 is 0 Å². The number of rotatable bonds is 11. The van der Waals surface area contributed by atoms with E-state index in [9.17, 15) is 50.8 Å². The average Bonchev–Trinajstić information content (AvgIpc) is 3.14. The molecule has 0 unspecified atom stereocenters. The molecule has 0 spiro atoms. The molecule has 292 valence electrons. The zero-order valence-corrected chi connectivity index (χ0v) is 29.0. The molecule has 2 fully saturated rings. The maximum Gasteiger partial charge on any atom is 0.239 e. The lowest BCUT2D eigenvalue weighted by Crippen LogP contribution is -2.62. The van der Waals surface area contributed by atoms with Crippen molar-refractivity contribution >= 4 is 11.0 Å². The maximum atomic E-state index is 13.8. The van der Waals surface area contributed by atoms with Gasteiger partial charge < -0.3 is 83.5 Å². The normalized spacial score (nSPS) is 28.5. The minimum Gasteiger partial charge on any atom is -0.508 e. The Hall–Kier alpha value is -4.89. The molecule has 0 radical (unpaired) electrons. The van der Waals surface area contributed by atoms with Gasteiger partial charge in [-0.05, 0) is 48.9 Å². The number of methoxy groups -OCH3 is 2. The molecule has 6 rings (SSSR count). The maximum absolute atomic E-state index is 13.8. The molecule has 9 N–H and O–H groups in total. The summed E-state index contributed by atoms with van der Waals surface area (Å²) in [4.78, 5) is 13.8. The lowest BCUT2D eigenvalue weighted by Gasteiger charge is -2.43. The third-order valence-electron chi connectivity index (χ3n) is 9.14. The molecule has 3 aromatic carbocycles. The number of phenolic OH excluding ortho intramolecular Hbond substituents is 4. The van der Waals surface area contributed by atoms with E-state index >= 15 is 0 Å². The second kappa shape index (κ2) is 15.8. The fourth-order valence-corrected chi connectivity index (χ4v) is 6.19. The topological polar surface area (TPSA) is 277 Å². The van der Waals surface area contributed by atoms with Gasteiger partial charge in [-0.3, -0.25) is 4.79 Å². The highest BCUT2D eigenvalue weighted by Crippen LogP contribution is 2.39. The van der Waals surface area contributed by atoms with Gasteiger partial charge in [-0.15, -0.1) is 0 Å². The second-order valence-electron chi connectivity index (χ2n) is 12.8. The third-order valence-corrected chi connectivity index (χ3v) is 9.14. The van der Waals surface area contributed by atoms with Crippen LogP contribution in [0.1, 0.15) is 12.5 Å². The molecule has 2 aliphatic heterocycles. The molecule has 10 atom stereocenters. The van der Waals surface area contributed by atoms with Crippen LogP contribution in [0.15, 0.2) is 57.7 Å². The summed E-state index contributed by atoms with van der Waals surface area (Å²) in [6, 6.07) is 10.3. The SMILES string of the molecule is COc1cc(CO[C@@H]2[C@@H](O)[C@H](C)O[C@@H](OC[C@H]3O[C@@H](Oc4c(-c5ccc(O)cc5)oc5cc(O)cc(O)c5c4=O)[C@H](O)[C@@H](O)[C@@H]3O)[C@@H]2O)cc(OC)c1O. The molecule has 0 amide bonds. The number of aliphatic hydroxyl groups excluding tert-OH is 5. The zero-order chi connectivity index (χ0) is 39.0. The Balaban J connectivity index is 1.21. The highest BCUT2D eigenvalue weighted by atomic mass is 16.7. The van der Waals surface area contributed by atoms with E-state index in [-0.39, 0.29) is 46.5 Å². The summed E-state index contributed by atoms with van der Waals surface area (Å²) < 4.78 is 45.1. The van der Waals surface area contributed by atoms with Crippen molar-refractivity contribution < 1.29 is 83.5 Å². The van der Waals surface area contributed by atoms with Crippen molar-refractivity contribution in [2.24, 2.45) is 0 Å². The van der Waals surface area contributed by atoms with Crippen LogP contribution in [0.2, 0.25) is 0 Å². The van der Waals surface area contributed by atoms with Gasteiger partial charge in [0.25, 0.3) is 0 Å². The Bertz CT molecular complexity index is 1970. The molecule has 2 aliphatic rings. The van der Waals surface area contributed by atoms with Gasteiger partial charge in [0, 0.05) is 17.7 Å². The van der Waals surface area contributed by atoms with Gasteiger partial charge in [0.1, 0.15) is 70.9 Å². The summed E-state index contributed by atoms with van der Waals surface area (Å²) in [6.45, 7) is 0.740. The van der Waals surface area contributed by atoms with Gasteiger partial charge in [0.2, 0.25) is 23.2 Å². The Morgan fingerprint density at radius 1 is 0.722 bits per heavy atom. The number of aliphatic hydroxyl groups is 5. The van der Waals surface area contributed by atoms with Crippen molar-refractivity contribution in [2.45, 2.75) is 74.9 Å². The van der Waals surface area contributed by atoms with E-state index in [2.05, 4.69) is 0 Å². The number of fused-ring (bicyclic) bond motifs is 1. The summed E-state index contributed by atoms with van der Waals surface area (Å²) in [5.74, 6) is -2.05. The number of phenols is 4. The first-order valence-corrected chi connectivity index (χ1v) is 16.6. The predicted octanol–water partition coefficient (Wildman–Crippen LogP) is 0.555. The van der Waals surface area contributed by atoms with Crippen LogP contribution in [-0.2, 0) is 25.6 Å². The summed E-state index contributed by atoms with van der Waals surface area (Å²) in [6.07, 6.45) is -15.6. The minimum absolute atomic E-state index is 0.104. The van der Waals surface area contributed by atoms with Crippen molar-refractivity contribution in [3.8, 4) is 51.6 Å². The van der Waals surface area contributed by atoms with E-state index in [0.717, 1.165) is 12.1 Å². The molecule has 0 aliphatic carbocycles. The predicted molar refractivity (Wildman–Crippen MR) is 182 cm³/mol.